The van der Waals surface area contributed by atoms with Crippen LogP contribution in [0.5, 0.6) is 0 Å². The maximum absolute atomic E-state index is 11.8. The summed E-state index contributed by atoms with van der Waals surface area (Å²) in [6.07, 6.45) is 3.37. The molecular weight excluding hydrogens is 262 g/mol. The lowest BCUT2D eigenvalue weighted by Gasteiger charge is -2.27. The number of hydrogen-bond acceptors (Lipinski definition) is 3. The van der Waals surface area contributed by atoms with Gasteiger partial charge < -0.3 is 20.6 Å². The van der Waals surface area contributed by atoms with Gasteiger partial charge in [-0.05, 0) is 32.6 Å². The van der Waals surface area contributed by atoms with Crippen LogP contribution in [0.3, 0.4) is 0 Å². The van der Waals surface area contributed by atoms with Crippen LogP contribution >= 0.6 is 0 Å². The molecule has 3 N–H and O–H groups in total. The van der Waals surface area contributed by atoms with Crippen molar-refractivity contribution < 1.29 is 19.5 Å². The number of nitrogens with zero attached hydrogens (tertiary/aromatic N) is 1. The van der Waals surface area contributed by atoms with Crippen LogP contribution in [0.4, 0.5) is 4.79 Å². The molecule has 1 fully saturated rings. The maximum atomic E-state index is 11.8. The minimum atomic E-state index is -1.32. The molecule has 0 saturated carbocycles. The molecule has 7 nitrogen and oxygen atoms in total. The zero-order valence-corrected chi connectivity index (χ0v) is 12.1. The molecule has 1 heterocycles. The maximum Gasteiger partial charge on any atom is 0.329 e. The highest BCUT2D eigenvalue weighted by Gasteiger charge is 2.32. The molecule has 0 aromatic heterocycles. The molecule has 1 aliphatic heterocycles. The highest BCUT2D eigenvalue weighted by Crippen LogP contribution is 2.09. The molecule has 0 radical (unpaired) electrons. The Morgan fingerprint density at radius 2 is 1.80 bits per heavy atom. The summed E-state index contributed by atoms with van der Waals surface area (Å²) >= 11 is 0. The first-order valence-corrected chi connectivity index (χ1v) is 6.96. The molecule has 7 heteroatoms. The molecule has 0 bridgehead atoms. The van der Waals surface area contributed by atoms with Gasteiger partial charge in [-0.2, -0.15) is 0 Å². The standard InChI is InChI=1S/C13H23N3O4/c1-3-13(2,11(18)19)15-12(20)14-9-10(17)16-7-5-4-6-8-16/h3-9H2,1-2H3,(H,18,19)(H2,14,15,20). The molecule has 0 aliphatic carbocycles. The van der Waals surface area contributed by atoms with Crippen molar-refractivity contribution in [2.75, 3.05) is 19.6 Å². The van der Waals surface area contributed by atoms with Gasteiger partial charge in [-0.3, -0.25) is 4.79 Å². The van der Waals surface area contributed by atoms with E-state index in [0.29, 0.717) is 0 Å². The van der Waals surface area contributed by atoms with Gasteiger partial charge >= 0.3 is 12.0 Å². The fraction of sp³-hybridized carbons (Fsp3) is 0.769. The summed E-state index contributed by atoms with van der Waals surface area (Å²) in [5.74, 6) is -1.23. The first-order chi connectivity index (χ1) is 9.39. The number of rotatable bonds is 5. The van der Waals surface area contributed by atoms with Crippen LogP contribution in [0.25, 0.3) is 0 Å². The predicted octanol–water partition coefficient (Wildman–Crippen LogP) is 0.551. The van der Waals surface area contributed by atoms with Gasteiger partial charge in [-0.1, -0.05) is 6.92 Å². The number of carboxylic acids is 1. The SMILES string of the molecule is CCC(C)(NC(=O)NCC(=O)N1CCCCC1)C(=O)O. The van der Waals surface area contributed by atoms with E-state index in [2.05, 4.69) is 10.6 Å². The minimum Gasteiger partial charge on any atom is -0.480 e. The third kappa shape index (κ3) is 4.40. The van der Waals surface area contributed by atoms with Gasteiger partial charge in [-0.25, -0.2) is 9.59 Å². The highest BCUT2D eigenvalue weighted by atomic mass is 16.4. The second-order valence-corrected chi connectivity index (χ2v) is 5.24. The second-order valence-electron chi connectivity index (χ2n) is 5.24. The van der Waals surface area contributed by atoms with Crippen LogP contribution in [-0.4, -0.2) is 53.1 Å². The number of likely N-dealkylation sites (tertiary alicyclic amines) is 1. The van der Waals surface area contributed by atoms with Gasteiger partial charge in [-0.15, -0.1) is 0 Å². The van der Waals surface area contributed by atoms with Crippen LogP contribution in [0.15, 0.2) is 0 Å². The number of nitrogens with one attached hydrogen (secondary N) is 2. The van der Waals surface area contributed by atoms with Crippen LogP contribution in [0.2, 0.25) is 0 Å². The predicted molar refractivity (Wildman–Crippen MR) is 73.3 cm³/mol. The smallest absolute Gasteiger partial charge is 0.329 e. The number of amides is 3. The molecule has 1 atom stereocenters. The molecule has 0 aromatic carbocycles. The summed E-state index contributed by atoms with van der Waals surface area (Å²) in [6.45, 7) is 4.45. The summed E-state index contributed by atoms with van der Waals surface area (Å²) in [7, 11) is 0. The fourth-order valence-electron chi connectivity index (χ4n) is 2.00. The zero-order chi connectivity index (χ0) is 15.2. The van der Waals surface area contributed by atoms with Crippen molar-refractivity contribution in [2.45, 2.75) is 45.1 Å². The lowest BCUT2D eigenvalue weighted by molar-refractivity contribution is -0.143. The Balaban J connectivity index is 2.39. The van der Waals surface area contributed by atoms with Gasteiger partial charge in [0, 0.05) is 13.1 Å². The van der Waals surface area contributed by atoms with E-state index in [0.717, 1.165) is 32.4 Å². The van der Waals surface area contributed by atoms with Gasteiger partial charge in [0.25, 0.3) is 0 Å². The normalized spacial score (nSPS) is 18.0. The van der Waals surface area contributed by atoms with Crippen molar-refractivity contribution in [2.24, 2.45) is 0 Å². The Kier molecular flexibility index (Phi) is 5.79. The van der Waals surface area contributed by atoms with Crippen molar-refractivity contribution in [3.63, 3.8) is 0 Å². The van der Waals surface area contributed by atoms with Gasteiger partial charge in [0.05, 0.1) is 6.54 Å². The molecule has 0 aromatic rings. The van der Waals surface area contributed by atoms with E-state index in [1.54, 1.807) is 11.8 Å². The van der Waals surface area contributed by atoms with Crippen LogP contribution in [0.1, 0.15) is 39.5 Å². The molecule has 1 unspecified atom stereocenters. The topological polar surface area (TPSA) is 98.7 Å². The Bertz CT molecular complexity index is 380. The molecule has 1 rings (SSSR count). The van der Waals surface area contributed by atoms with Crippen molar-refractivity contribution in [1.29, 1.82) is 0 Å². The number of carboxylic acid groups (broad SMARTS) is 1. The van der Waals surface area contributed by atoms with Gasteiger partial charge in [0.15, 0.2) is 0 Å². The van der Waals surface area contributed by atoms with Gasteiger partial charge in [0.1, 0.15) is 5.54 Å². The number of aliphatic carboxylic acids is 1. The van der Waals surface area contributed by atoms with E-state index in [-0.39, 0.29) is 18.9 Å². The van der Waals surface area contributed by atoms with E-state index >= 15 is 0 Å². The number of carbonyl (C=O) groups excluding carboxylic acids is 2. The number of hydrogen-bond donors (Lipinski definition) is 3. The van der Waals surface area contributed by atoms with E-state index in [1.807, 2.05) is 0 Å². The molecule has 114 valence electrons. The Labute approximate surface area is 118 Å². The Hall–Kier alpha value is -1.79. The van der Waals surface area contributed by atoms with E-state index in [4.69, 9.17) is 5.11 Å². The molecular formula is C13H23N3O4. The Morgan fingerprint density at radius 3 is 2.30 bits per heavy atom. The largest absolute Gasteiger partial charge is 0.480 e. The van der Waals surface area contributed by atoms with Crippen molar-refractivity contribution in [3.05, 3.63) is 0 Å². The van der Waals surface area contributed by atoms with Crippen LogP contribution in [-0.2, 0) is 9.59 Å². The third-order valence-corrected chi connectivity index (χ3v) is 3.68. The number of urea groups is 1. The summed E-state index contributed by atoms with van der Waals surface area (Å²) in [6, 6.07) is -0.637. The summed E-state index contributed by atoms with van der Waals surface area (Å²) in [5.41, 5.74) is -1.32. The number of piperidine rings is 1. The van der Waals surface area contributed by atoms with Crippen LogP contribution < -0.4 is 10.6 Å². The Morgan fingerprint density at radius 1 is 1.20 bits per heavy atom. The first-order valence-electron chi connectivity index (χ1n) is 6.96. The van der Waals surface area contributed by atoms with E-state index < -0.39 is 17.5 Å². The molecule has 1 saturated heterocycles. The average molecular weight is 285 g/mol. The lowest BCUT2D eigenvalue weighted by atomic mass is 10.00. The highest BCUT2D eigenvalue weighted by molar-refractivity contribution is 5.88. The van der Waals surface area contributed by atoms with E-state index in [1.165, 1.54) is 6.92 Å². The van der Waals surface area contributed by atoms with E-state index in [9.17, 15) is 14.4 Å². The third-order valence-electron chi connectivity index (χ3n) is 3.68. The average Bonchev–Trinajstić information content (AvgIpc) is 2.45. The zero-order valence-electron chi connectivity index (χ0n) is 12.1. The second kappa shape index (κ2) is 7.12. The number of carbonyl (C=O) groups is 3. The fourth-order valence-corrected chi connectivity index (χ4v) is 2.00. The summed E-state index contributed by atoms with van der Waals surface area (Å²) < 4.78 is 0. The van der Waals surface area contributed by atoms with Crippen molar-refractivity contribution in [3.8, 4) is 0 Å². The quantitative estimate of drug-likeness (QED) is 0.687. The molecule has 1 aliphatic rings. The van der Waals surface area contributed by atoms with Crippen molar-refractivity contribution in [1.82, 2.24) is 15.5 Å². The first kappa shape index (κ1) is 16.3. The minimum absolute atomic E-state index is 0.106. The van der Waals surface area contributed by atoms with Gasteiger partial charge in [0.2, 0.25) is 5.91 Å². The molecule has 20 heavy (non-hydrogen) atoms. The monoisotopic (exact) mass is 285 g/mol. The van der Waals surface area contributed by atoms with Crippen molar-refractivity contribution >= 4 is 17.9 Å². The summed E-state index contributed by atoms with van der Waals surface area (Å²) in [5, 5.41) is 13.8. The van der Waals surface area contributed by atoms with Crippen LogP contribution in [0, 0.1) is 0 Å². The lowest BCUT2D eigenvalue weighted by Crippen LogP contribution is -2.56. The summed E-state index contributed by atoms with van der Waals surface area (Å²) in [4.78, 5) is 36.3. The molecule has 3 amide bonds. The molecule has 0 spiro atoms.